The summed E-state index contributed by atoms with van der Waals surface area (Å²) in [5, 5.41) is 12.2. The first-order valence-electron chi connectivity index (χ1n) is 14.2. The van der Waals surface area contributed by atoms with Crippen molar-refractivity contribution < 1.29 is 28.8 Å². The zero-order valence-electron chi connectivity index (χ0n) is 24.4. The number of benzene rings is 4. The maximum absolute atomic E-state index is 14.4. The van der Waals surface area contributed by atoms with E-state index >= 15 is 0 Å². The lowest BCUT2D eigenvalue weighted by Crippen LogP contribution is -2.49. The number of amides is 1. The second-order valence-electron chi connectivity index (χ2n) is 10.2. The van der Waals surface area contributed by atoms with Crippen LogP contribution in [0.15, 0.2) is 108 Å². The Morgan fingerprint density at radius 1 is 0.884 bits per heavy atom. The van der Waals surface area contributed by atoms with Crippen molar-refractivity contribution in [3.8, 4) is 17.2 Å². The molecule has 4 aromatic rings. The van der Waals surface area contributed by atoms with E-state index in [1.54, 1.807) is 14.2 Å². The number of nitrogens with one attached hydrogen (secondary N) is 1. The Bertz CT molecular complexity index is 1530. The molecule has 0 saturated carbocycles. The van der Waals surface area contributed by atoms with E-state index in [9.17, 15) is 4.79 Å². The van der Waals surface area contributed by atoms with E-state index in [0.717, 1.165) is 22.3 Å². The van der Waals surface area contributed by atoms with Gasteiger partial charge in [-0.1, -0.05) is 66.7 Å². The molecule has 222 valence electrons. The Balaban J connectivity index is 1.51. The molecule has 0 saturated heterocycles. The Kier molecular flexibility index (Phi) is 9.59. The number of aliphatic imine (C=N–C) groups is 1. The van der Waals surface area contributed by atoms with Gasteiger partial charge < -0.3 is 29.4 Å². The van der Waals surface area contributed by atoms with Gasteiger partial charge in [-0.05, 0) is 53.1 Å². The molecule has 0 spiro atoms. The summed E-state index contributed by atoms with van der Waals surface area (Å²) in [7, 11) is 3.17. The van der Waals surface area contributed by atoms with E-state index in [0.29, 0.717) is 42.6 Å². The Hall–Kier alpha value is -4.82. The highest BCUT2D eigenvalue weighted by atomic mass is 16.5. The number of aliphatic hydroxyl groups is 1. The summed E-state index contributed by atoms with van der Waals surface area (Å²) in [6, 6.07) is 32.6. The normalized spacial score (nSPS) is 17.5. The highest BCUT2D eigenvalue weighted by molar-refractivity contribution is 6.01. The minimum atomic E-state index is -1.29. The van der Waals surface area contributed by atoms with Crippen LogP contribution in [0.2, 0.25) is 0 Å². The van der Waals surface area contributed by atoms with Crippen LogP contribution in [0, 0.1) is 0 Å². The highest BCUT2D eigenvalue weighted by Crippen LogP contribution is 2.42. The summed E-state index contributed by atoms with van der Waals surface area (Å²) in [4.78, 5) is 19.5. The van der Waals surface area contributed by atoms with Gasteiger partial charge in [-0.25, -0.2) is 4.99 Å². The molecule has 2 N–H and O–H groups in total. The molecule has 8 nitrogen and oxygen atoms in total. The molecule has 43 heavy (non-hydrogen) atoms. The van der Waals surface area contributed by atoms with Crippen LogP contribution in [0.5, 0.6) is 17.2 Å². The van der Waals surface area contributed by atoms with Crippen LogP contribution < -0.4 is 19.5 Å². The predicted molar refractivity (Wildman–Crippen MR) is 165 cm³/mol. The molecule has 0 fully saturated rings. The van der Waals surface area contributed by atoms with Gasteiger partial charge >= 0.3 is 0 Å². The van der Waals surface area contributed by atoms with E-state index < -0.39 is 11.6 Å². The van der Waals surface area contributed by atoms with Gasteiger partial charge in [0.05, 0.1) is 20.8 Å². The van der Waals surface area contributed by atoms with Crippen LogP contribution >= 0.6 is 0 Å². The minimum Gasteiger partial charge on any atom is -0.494 e. The number of hydrogen-bond acceptors (Lipinski definition) is 7. The number of methoxy groups -OCH3 is 2. The maximum Gasteiger partial charge on any atom is 0.252 e. The molecule has 2 atom stereocenters. The lowest BCUT2D eigenvalue weighted by molar-refractivity contribution is -0.129. The zero-order valence-corrected chi connectivity index (χ0v) is 24.4. The monoisotopic (exact) mass is 580 g/mol. The summed E-state index contributed by atoms with van der Waals surface area (Å²) < 4.78 is 23.1. The maximum atomic E-state index is 14.4. The van der Waals surface area contributed by atoms with Crippen LogP contribution in [0.3, 0.4) is 0 Å². The summed E-state index contributed by atoms with van der Waals surface area (Å²) in [5.74, 6) is 2.01. The van der Waals surface area contributed by atoms with Crippen molar-refractivity contribution in [1.29, 1.82) is 0 Å². The highest BCUT2D eigenvalue weighted by Gasteiger charge is 2.53. The predicted octanol–water partition coefficient (Wildman–Crippen LogP) is 5.28. The van der Waals surface area contributed by atoms with Crippen molar-refractivity contribution in [3.05, 3.63) is 125 Å². The quantitative estimate of drug-likeness (QED) is 0.209. The number of ether oxygens (including phenoxy) is 4. The van der Waals surface area contributed by atoms with Gasteiger partial charge in [0, 0.05) is 31.6 Å². The molecule has 0 bridgehead atoms. The Labute approximate surface area is 251 Å². The third kappa shape index (κ3) is 6.81. The van der Waals surface area contributed by atoms with Crippen LogP contribution in [0.4, 0.5) is 0 Å². The first kappa shape index (κ1) is 29.7. The summed E-state index contributed by atoms with van der Waals surface area (Å²) in [6.07, 6.45) is 0.211. The zero-order chi connectivity index (χ0) is 30.1. The molecule has 5 rings (SSSR count). The molecule has 0 unspecified atom stereocenters. The second-order valence-corrected chi connectivity index (χ2v) is 10.2. The van der Waals surface area contributed by atoms with Gasteiger partial charge in [-0.3, -0.25) is 4.79 Å². The largest absolute Gasteiger partial charge is 0.494 e. The third-order valence-electron chi connectivity index (χ3n) is 7.35. The molecule has 1 aliphatic heterocycles. The molecule has 1 amide bonds. The number of carbonyl (C=O) groups is 1. The van der Waals surface area contributed by atoms with Gasteiger partial charge in [-0.15, -0.1) is 0 Å². The first-order chi connectivity index (χ1) is 21.1. The van der Waals surface area contributed by atoms with Gasteiger partial charge in [0.2, 0.25) is 5.90 Å². The third-order valence-corrected chi connectivity index (χ3v) is 7.35. The van der Waals surface area contributed by atoms with E-state index in [2.05, 4.69) is 5.32 Å². The molecular weight excluding hydrogens is 544 g/mol. The number of nitrogens with zero attached hydrogens (tertiary/aromatic N) is 1. The van der Waals surface area contributed by atoms with Crippen molar-refractivity contribution in [2.45, 2.75) is 31.0 Å². The standard InChI is InChI=1S/C35H36N2O6/c1-40-30-19-14-26(22-31(30)41-2)24-36-34(39)35(23-25-10-5-3-6-11-25)32(27-12-7-4-8-13-27)43-33(37-35)28-15-17-29(18-16-28)42-21-9-20-38/h3-8,10-19,22,32,38H,9,20-21,23-24H2,1-2H3,(H,36,39)/t32-,35-/m1/s1. The average molecular weight is 581 g/mol. The number of aliphatic hydroxyl groups excluding tert-OH is 1. The van der Waals surface area contributed by atoms with E-state index in [1.807, 2.05) is 103 Å². The van der Waals surface area contributed by atoms with E-state index in [4.69, 9.17) is 29.0 Å². The molecule has 0 aliphatic carbocycles. The number of hydrogen-bond donors (Lipinski definition) is 2. The fourth-order valence-corrected chi connectivity index (χ4v) is 5.14. The van der Waals surface area contributed by atoms with Crippen molar-refractivity contribution in [1.82, 2.24) is 5.32 Å². The fraction of sp³-hybridized carbons (Fsp3) is 0.257. The van der Waals surface area contributed by atoms with Crippen LogP contribution in [-0.4, -0.2) is 49.9 Å². The average Bonchev–Trinajstić information content (AvgIpc) is 3.45. The molecular formula is C35H36N2O6. The van der Waals surface area contributed by atoms with Crippen molar-refractivity contribution in [3.63, 3.8) is 0 Å². The number of carbonyl (C=O) groups excluding carboxylic acids is 1. The van der Waals surface area contributed by atoms with Crippen LogP contribution in [0.25, 0.3) is 0 Å². The first-order valence-corrected chi connectivity index (χ1v) is 14.2. The number of rotatable bonds is 13. The van der Waals surface area contributed by atoms with E-state index in [1.165, 1.54) is 0 Å². The Morgan fingerprint density at radius 3 is 2.26 bits per heavy atom. The van der Waals surface area contributed by atoms with E-state index in [-0.39, 0.29) is 19.1 Å². The fourth-order valence-electron chi connectivity index (χ4n) is 5.14. The topological polar surface area (TPSA) is 98.6 Å². The summed E-state index contributed by atoms with van der Waals surface area (Å²) >= 11 is 0. The SMILES string of the molecule is COc1ccc(CNC(=O)[C@]2(Cc3ccccc3)N=C(c3ccc(OCCCO)cc3)O[C@@H]2c2ccccc2)cc1OC. The van der Waals surface area contributed by atoms with Crippen LogP contribution in [0.1, 0.15) is 34.8 Å². The summed E-state index contributed by atoms with van der Waals surface area (Å²) in [6.45, 7) is 0.757. The lowest BCUT2D eigenvalue weighted by Gasteiger charge is -2.31. The van der Waals surface area contributed by atoms with Crippen LogP contribution in [-0.2, 0) is 22.5 Å². The smallest absolute Gasteiger partial charge is 0.252 e. The molecule has 1 aliphatic rings. The van der Waals surface area contributed by atoms with Crippen molar-refractivity contribution in [2.24, 2.45) is 4.99 Å². The Morgan fingerprint density at radius 2 is 1.58 bits per heavy atom. The molecule has 0 radical (unpaired) electrons. The van der Waals surface area contributed by atoms with Gasteiger partial charge in [-0.2, -0.15) is 0 Å². The van der Waals surface area contributed by atoms with Gasteiger partial charge in [0.15, 0.2) is 23.1 Å². The molecule has 4 aromatic carbocycles. The molecule has 0 aromatic heterocycles. The van der Waals surface area contributed by atoms with Gasteiger partial charge in [0.25, 0.3) is 5.91 Å². The second kappa shape index (κ2) is 13.9. The van der Waals surface area contributed by atoms with Crippen molar-refractivity contribution in [2.75, 3.05) is 27.4 Å². The lowest BCUT2D eigenvalue weighted by atomic mass is 9.82. The van der Waals surface area contributed by atoms with Crippen molar-refractivity contribution >= 4 is 11.8 Å². The molecule has 8 heteroatoms. The summed E-state index contributed by atoms with van der Waals surface area (Å²) in [5.41, 5.74) is 2.12. The minimum absolute atomic E-state index is 0.0706. The van der Waals surface area contributed by atoms with Gasteiger partial charge in [0.1, 0.15) is 5.75 Å². The molecule has 1 heterocycles.